The summed E-state index contributed by atoms with van der Waals surface area (Å²) in [6.45, 7) is 4.50. The third-order valence-electron chi connectivity index (χ3n) is 2.95. The number of urea groups is 1. The van der Waals surface area contributed by atoms with E-state index >= 15 is 0 Å². The van der Waals surface area contributed by atoms with Crippen molar-refractivity contribution in [2.24, 2.45) is 0 Å². The SMILES string of the molecule is C=CCON1C(=O)N2C[C@H]1C(I)=CC2CNC(=O)O. The highest BCUT2D eigenvalue weighted by molar-refractivity contribution is 14.1. The second-order valence-electron chi connectivity index (χ2n) is 4.17. The van der Waals surface area contributed by atoms with Gasteiger partial charge in [0.25, 0.3) is 0 Å². The highest BCUT2D eigenvalue weighted by Gasteiger charge is 2.45. The van der Waals surface area contributed by atoms with Gasteiger partial charge in [0.1, 0.15) is 6.04 Å². The minimum absolute atomic E-state index is 0.117. The predicted molar refractivity (Wildman–Crippen MR) is 75.8 cm³/mol. The van der Waals surface area contributed by atoms with Crippen LogP contribution in [0.4, 0.5) is 9.59 Å². The molecule has 2 rings (SSSR count). The van der Waals surface area contributed by atoms with Gasteiger partial charge in [0.2, 0.25) is 0 Å². The predicted octanol–water partition coefficient (Wildman–Crippen LogP) is 1.18. The van der Waals surface area contributed by atoms with Crippen LogP contribution in [-0.2, 0) is 4.84 Å². The average molecular weight is 379 g/mol. The Morgan fingerprint density at radius 3 is 3.11 bits per heavy atom. The normalized spacial score (nSPS) is 25.3. The molecule has 0 aromatic carbocycles. The van der Waals surface area contributed by atoms with Crippen molar-refractivity contribution in [3.63, 3.8) is 0 Å². The summed E-state index contributed by atoms with van der Waals surface area (Å²) >= 11 is 2.15. The van der Waals surface area contributed by atoms with E-state index in [0.717, 1.165) is 3.58 Å². The lowest BCUT2D eigenvalue weighted by Crippen LogP contribution is -2.45. The summed E-state index contributed by atoms with van der Waals surface area (Å²) in [5.74, 6) is 0. The number of hydrogen-bond acceptors (Lipinski definition) is 3. The molecule has 0 aromatic rings. The number of carbonyl (C=O) groups excluding carboxylic acids is 1. The van der Waals surface area contributed by atoms with Crippen molar-refractivity contribution >= 4 is 34.7 Å². The van der Waals surface area contributed by atoms with Crippen molar-refractivity contribution in [3.05, 3.63) is 22.3 Å². The first-order chi connectivity index (χ1) is 9.04. The van der Waals surface area contributed by atoms with Gasteiger partial charge in [0, 0.05) is 10.1 Å². The number of nitrogens with zero attached hydrogens (tertiary/aromatic N) is 2. The summed E-state index contributed by atoms with van der Waals surface area (Å²) in [5.41, 5.74) is 0. The number of hydroxylamine groups is 2. The van der Waals surface area contributed by atoms with E-state index in [9.17, 15) is 9.59 Å². The van der Waals surface area contributed by atoms with Gasteiger partial charge in [-0.3, -0.25) is 4.84 Å². The average Bonchev–Trinajstić information content (AvgIpc) is 2.65. The molecule has 19 heavy (non-hydrogen) atoms. The standard InChI is InChI=1S/C11H14IN3O4/c1-2-3-19-15-9-6-14(11(15)18)7(4-8(9)12)5-13-10(16)17/h2,4,7,9,13H,1,3,5-6H2,(H,16,17)/t7?,9-/m0/s1. The summed E-state index contributed by atoms with van der Waals surface area (Å²) in [6, 6.07) is -0.634. The Morgan fingerprint density at radius 2 is 2.47 bits per heavy atom. The van der Waals surface area contributed by atoms with E-state index in [1.54, 1.807) is 11.0 Å². The number of halogens is 1. The van der Waals surface area contributed by atoms with Crippen LogP contribution in [0.25, 0.3) is 0 Å². The summed E-state index contributed by atoms with van der Waals surface area (Å²) in [4.78, 5) is 29.7. The van der Waals surface area contributed by atoms with Gasteiger partial charge in [-0.15, -0.1) is 6.58 Å². The summed E-state index contributed by atoms with van der Waals surface area (Å²) in [7, 11) is 0. The third kappa shape index (κ3) is 2.84. The van der Waals surface area contributed by atoms with Crippen molar-refractivity contribution in [2.45, 2.75) is 12.1 Å². The Kier molecular flexibility index (Phi) is 4.30. The minimum atomic E-state index is -1.10. The molecule has 2 N–H and O–H groups in total. The third-order valence-corrected chi connectivity index (χ3v) is 4.03. The van der Waals surface area contributed by atoms with Crippen LogP contribution in [0.2, 0.25) is 0 Å². The molecule has 7 nitrogen and oxygen atoms in total. The van der Waals surface area contributed by atoms with Crippen molar-refractivity contribution < 1.29 is 19.5 Å². The second-order valence-corrected chi connectivity index (χ2v) is 5.41. The molecule has 8 heteroatoms. The maximum absolute atomic E-state index is 12.2. The molecule has 2 aliphatic rings. The second kappa shape index (κ2) is 5.78. The fraction of sp³-hybridized carbons (Fsp3) is 0.455. The first-order valence-electron chi connectivity index (χ1n) is 5.72. The van der Waals surface area contributed by atoms with Gasteiger partial charge in [-0.2, -0.15) is 5.06 Å². The first-order valence-corrected chi connectivity index (χ1v) is 6.80. The Bertz CT molecular complexity index is 440. The summed E-state index contributed by atoms with van der Waals surface area (Å²) < 4.78 is 0.973. The zero-order valence-electron chi connectivity index (χ0n) is 10.1. The van der Waals surface area contributed by atoms with E-state index in [1.807, 2.05) is 6.08 Å². The van der Waals surface area contributed by atoms with Crippen LogP contribution in [0.1, 0.15) is 0 Å². The van der Waals surface area contributed by atoms with Crippen LogP contribution in [0.3, 0.4) is 0 Å². The fourth-order valence-corrected chi connectivity index (χ4v) is 2.96. The molecule has 2 atom stereocenters. The van der Waals surface area contributed by atoms with E-state index in [4.69, 9.17) is 9.94 Å². The molecule has 3 amide bonds. The van der Waals surface area contributed by atoms with E-state index < -0.39 is 6.09 Å². The molecule has 2 heterocycles. The van der Waals surface area contributed by atoms with Gasteiger partial charge in [-0.05, 0) is 28.7 Å². The topological polar surface area (TPSA) is 82.1 Å². The van der Waals surface area contributed by atoms with Crippen LogP contribution < -0.4 is 5.32 Å². The van der Waals surface area contributed by atoms with Crippen LogP contribution in [0, 0.1) is 0 Å². The molecule has 1 saturated heterocycles. The zero-order chi connectivity index (χ0) is 14.0. The number of rotatable bonds is 5. The van der Waals surface area contributed by atoms with E-state index in [2.05, 4.69) is 34.5 Å². The Labute approximate surface area is 124 Å². The number of fused-ring (bicyclic) bond motifs is 2. The van der Waals surface area contributed by atoms with Crippen molar-refractivity contribution in [2.75, 3.05) is 19.7 Å². The van der Waals surface area contributed by atoms with Crippen molar-refractivity contribution in [1.29, 1.82) is 0 Å². The molecule has 2 aliphatic heterocycles. The van der Waals surface area contributed by atoms with Crippen molar-refractivity contribution in [1.82, 2.24) is 15.3 Å². The molecular formula is C11H14IN3O4. The van der Waals surface area contributed by atoms with Crippen LogP contribution in [0.15, 0.2) is 22.3 Å². The molecule has 0 aliphatic carbocycles. The van der Waals surface area contributed by atoms with Crippen molar-refractivity contribution in [3.8, 4) is 0 Å². The largest absolute Gasteiger partial charge is 0.465 e. The Morgan fingerprint density at radius 1 is 1.74 bits per heavy atom. The molecule has 0 radical (unpaired) electrons. The molecular weight excluding hydrogens is 365 g/mol. The quantitative estimate of drug-likeness (QED) is 0.555. The maximum Gasteiger partial charge on any atom is 0.404 e. The van der Waals surface area contributed by atoms with Gasteiger partial charge >= 0.3 is 12.1 Å². The Hall–Kier alpha value is -1.29. The lowest BCUT2D eigenvalue weighted by Gasteiger charge is -2.27. The molecule has 0 saturated carbocycles. The summed E-state index contributed by atoms with van der Waals surface area (Å²) in [5, 5.41) is 12.3. The fourth-order valence-electron chi connectivity index (χ4n) is 2.10. The van der Waals surface area contributed by atoms with Gasteiger partial charge in [-0.25, -0.2) is 9.59 Å². The highest BCUT2D eigenvalue weighted by atomic mass is 127. The van der Waals surface area contributed by atoms with E-state index in [-0.39, 0.29) is 31.3 Å². The molecule has 104 valence electrons. The summed E-state index contributed by atoms with van der Waals surface area (Å²) in [6.07, 6.45) is 2.36. The Balaban J connectivity index is 2.09. The van der Waals surface area contributed by atoms with E-state index in [0.29, 0.717) is 6.54 Å². The van der Waals surface area contributed by atoms with Gasteiger partial charge in [0.05, 0.1) is 19.2 Å². The molecule has 1 fully saturated rings. The van der Waals surface area contributed by atoms with Gasteiger partial charge in [-0.1, -0.05) is 6.08 Å². The molecule has 0 spiro atoms. The number of nitrogens with one attached hydrogen (secondary N) is 1. The van der Waals surface area contributed by atoms with Crippen LogP contribution >= 0.6 is 22.6 Å². The zero-order valence-corrected chi connectivity index (χ0v) is 12.2. The number of hydrogen-bond donors (Lipinski definition) is 2. The van der Waals surface area contributed by atoms with Crippen LogP contribution in [0.5, 0.6) is 0 Å². The minimum Gasteiger partial charge on any atom is -0.465 e. The first kappa shape index (κ1) is 14.1. The van der Waals surface area contributed by atoms with Gasteiger partial charge < -0.3 is 15.3 Å². The lowest BCUT2D eigenvalue weighted by molar-refractivity contribution is -0.108. The number of carbonyl (C=O) groups is 2. The molecule has 0 aromatic heterocycles. The van der Waals surface area contributed by atoms with Crippen LogP contribution in [-0.4, -0.2) is 59.0 Å². The monoisotopic (exact) mass is 379 g/mol. The number of amides is 3. The molecule has 2 bridgehead atoms. The molecule has 1 unspecified atom stereocenters. The highest BCUT2D eigenvalue weighted by Crippen LogP contribution is 2.33. The smallest absolute Gasteiger partial charge is 0.404 e. The number of carboxylic acid groups (broad SMARTS) is 1. The van der Waals surface area contributed by atoms with E-state index in [1.165, 1.54) is 5.06 Å². The maximum atomic E-state index is 12.2. The lowest BCUT2D eigenvalue weighted by atomic mass is 10.1. The van der Waals surface area contributed by atoms with Gasteiger partial charge in [0.15, 0.2) is 0 Å².